The number of H-pyrrole nitrogens is 1. The van der Waals surface area contributed by atoms with Crippen LogP contribution in [0.3, 0.4) is 0 Å². The molecule has 1 aromatic heterocycles. The van der Waals surface area contributed by atoms with Crippen LogP contribution in [0, 0.1) is 17.8 Å². The molecule has 0 unspecified atom stereocenters. The number of fused-ring (bicyclic) bond motifs is 3. The standard InChI is InChI=1S/C26H22N2O5S2/c1-33-25(31)14-8-5-9-15(10-14)28-23(29)16-11-18-19(12-17(16)24(28)30)34-22-21(35-26(32)27-22)20(18)13-6-3-2-4-7-13/h2-10,16-20H,11-12H2,1H3,(H,27,32)/t16-,17+,18-,19+,20+/m0/s1. The summed E-state index contributed by atoms with van der Waals surface area (Å²) in [5.41, 5.74) is 1.82. The van der Waals surface area contributed by atoms with Gasteiger partial charge in [0.25, 0.3) is 0 Å². The van der Waals surface area contributed by atoms with Crippen LogP contribution in [0.5, 0.6) is 0 Å². The van der Waals surface area contributed by atoms with Gasteiger partial charge >= 0.3 is 10.8 Å². The topological polar surface area (TPSA) is 96.5 Å². The van der Waals surface area contributed by atoms with Gasteiger partial charge in [-0.3, -0.25) is 19.3 Å². The van der Waals surface area contributed by atoms with Crippen LogP contribution < -0.4 is 9.77 Å². The molecule has 2 aromatic carbocycles. The fraction of sp³-hybridized carbons (Fsp3) is 0.308. The molecule has 9 heteroatoms. The van der Waals surface area contributed by atoms with E-state index in [2.05, 4.69) is 17.1 Å². The zero-order chi connectivity index (χ0) is 24.3. The zero-order valence-corrected chi connectivity index (χ0v) is 20.4. The van der Waals surface area contributed by atoms with Gasteiger partial charge in [-0.05, 0) is 42.5 Å². The maximum absolute atomic E-state index is 13.6. The Kier molecular flexibility index (Phi) is 5.41. The first-order chi connectivity index (χ1) is 17.0. The van der Waals surface area contributed by atoms with E-state index in [4.69, 9.17) is 4.74 Å². The molecule has 2 aliphatic heterocycles. The van der Waals surface area contributed by atoms with Gasteiger partial charge in [0.2, 0.25) is 11.8 Å². The highest BCUT2D eigenvalue weighted by atomic mass is 32.2. The van der Waals surface area contributed by atoms with E-state index >= 15 is 0 Å². The average Bonchev–Trinajstić information content (AvgIpc) is 3.36. The van der Waals surface area contributed by atoms with Gasteiger partial charge < -0.3 is 9.72 Å². The summed E-state index contributed by atoms with van der Waals surface area (Å²) in [7, 11) is 1.30. The monoisotopic (exact) mass is 506 g/mol. The third kappa shape index (κ3) is 3.56. The van der Waals surface area contributed by atoms with Crippen LogP contribution in [0.1, 0.15) is 39.6 Å². The molecule has 35 heavy (non-hydrogen) atoms. The number of aromatic amines is 1. The number of hydrogen-bond acceptors (Lipinski definition) is 7. The number of benzene rings is 2. The lowest BCUT2D eigenvalue weighted by Crippen LogP contribution is -2.40. The van der Waals surface area contributed by atoms with Gasteiger partial charge in [-0.15, -0.1) is 11.8 Å². The molecular weight excluding hydrogens is 484 g/mol. The third-order valence-electron chi connectivity index (χ3n) is 7.36. The highest BCUT2D eigenvalue weighted by Gasteiger charge is 2.56. The number of methoxy groups -OCH3 is 1. The Morgan fingerprint density at radius 3 is 2.49 bits per heavy atom. The van der Waals surface area contributed by atoms with E-state index in [1.807, 2.05) is 18.2 Å². The minimum absolute atomic E-state index is 0.00181. The Morgan fingerprint density at radius 1 is 1.00 bits per heavy atom. The second kappa shape index (κ2) is 8.49. The van der Waals surface area contributed by atoms with E-state index in [-0.39, 0.29) is 33.8 Å². The number of hydrogen-bond donors (Lipinski definition) is 1. The Hall–Kier alpha value is -3.17. The minimum atomic E-state index is -0.517. The first kappa shape index (κ1) is 22.3. The molecule has 1 N–H and O–H groups in total. The molecule has 2 fully saturated rings. The van der Waals surface area contributed by atoms with Crippen LogP contribution >= 0.6 is 23.1 Å². The van der Waals surface area contributed by atoms with Crippen molar-refractivity contribution in [1.82, 2.24) is 4.98 Å². The van der Waals surface area contributed by atoms with Crippen LogP contribution in [0.4, 0.5) is 5.69 Å². The van der Waals surface area contributed by atoms with Gasteiger partial charge in [-0.1, -0.05) is 47.7 Å². The third-order valence-corrected chi connectivity index (χ3v) is 9.85. The molecule has 178 valence electrons. The van der Waals surface area contributed by atoms with Crippen molar-refractivity contribution in [1.29, 1.82) is 0 Å². The molecule has 6 rings (SSSR count). The smallest absolute Gasteiger partial charge is 0.337 e. The molecule has 0 spiro atoms. The number of ether oxygens (including phenoxy) is 1. The molecule has 3 heterocycles. The second-order valence-corrected chi connectivity index (χ2v) is 11.4. The Labute approximate surface area is 209 Å². The van der Waals surface area contributed by atoms with Gasteiger partial charge in [0, 0.05) is 16.0 Å². The fourth-order valence-corrected chi connectivity index (χ4v) is 8.55. The maximum Gasteiger partial charge on any atom is 0.337 e. The number of imide groups is 1. The lowest BCUT2D eigenvalue weighted by atomic mass is 9.68. The van der Waals surface area contributed by atoms with Crippen molar-refractivity contribution in [3.8, 4) is 0 Å². The quantitative estimate of drug-likeness (QED) is 0.425. The van der Waals surface area contributed by atoms with Gasteiger partial charge in [0.15, 0.2) is 0 Å². The summed E-state index contributed by atoms with van der Waals surface area (Å²) in [4.78, 5) is 56.5. The van der Waals surface area contributed by atoms with Crippen LogP contribution in [0.25, 0.3) is 0 Å². The fourth-order valence-electron chi connectivity index (χ4n) is 5.84. The predicted molar refractivity (Wildman–Crippen MR) is 133 cm³/mol. The number of thioether (sulfide) groups is 1. The van der Waals surface area contributed by atoms with E-state index < -0.39 is 17.8 Å². The minimum Gasteiger partial charge on any atom is -0.465 e. The van der Waals surface area contributed by atoms with E-state index in [1.165, 1.54) is 29.4 Å². The lowest BCUT2D eigenvalue weighted by molar-refractivity contribution is -0.122. The van der Waals surface area contributed by atoms with Crippen molar-refractivity contribution in [3.05, 3.63) is 80.3 Å². The number of anilines is 1. The number of esters is 1. The van der Waals surface area contributed by atoms with Crippen molar-refractivity contribution in [2.24, 2.45) is 17.8 Å². The summed E-state index contributed by atoms with van der Waals surface area (Å²) < 4.78 is 4.80. The number of carbonyl (C=O) groups excluding carboxylic acids is 3. The van der Waals surface area contributed by atoms with Gasteiger partial charge in [-0.2, -0.15) is 0 Å². The average molecular weight is 507 g/mol. The highest BCUT2D eigenvalue weighted by Crippen LogP contribution is 2.57. The number of nitrogens with one attached hydrogen (secondary N) is 1. The molecule has 3 aromatic rings. The number of carbonyl (C=O) groups is 3. The first-order valence-electron chi connectivity index (χ1n) is 11.5. The first-order valence-corrected chi connectivity index (χ1v) is 13.2. The maximum atomic E-state index is 13.6. The second-order valence-electron chi connectivity index (χ2n) is 9.15. The summed E-state index contributed by atoms with van der Waals surface area (Å²) >= 11 is 2.87. The van der Waals surface area contributed by atoms with E-state index in [0.717, 1.165) is 15.5 Å². The largest absolute Gasteiger partial charge is 0.465 e. The summed E-state index contributed by atoms with van der Waals surface area (Å²) in [6, 6.07) is 16.6. The molecule has 5 atom stereocenters. The Balaban J connectivity index is 1.36. The highest BCUT2D eigenvalue weighted by molar-refractivity contribution is 8.00. The zero-order valence-electron chi connectivity index (χ0n) is 18.8. The molecular formula is C26H22N2O5S2. The van der Waals surface area contributed by atoms with E-state index in [1.54, 1.807) is 30.0 Å². The van der Waals surface area contributed by atoms with Crippen molar-refractivity contribution < 1.29 is 19.1 Å². The number of aromatic nitrogens is 1. The summed E-state index contributed by atoms with van der Waals surface area (Å²) in [5, 5.41) is 0.991. The summed E-state index contributed by atoms with van der Waals surface area (Å²) in [6.07, 6.45) is 1.14. The molecule has 1 saturated heterocycles. The Morgan fingerprint density at radius 2 is 1.74 bits per heavy atom. The molecule has 2 amide bonds. The molecule has 0 bridgehead atoms. The van der Waals surface area contributed by atoms with Gasteiger partial charge in [0.1, 0.15) is 0 Å². The molecule has 3 aliphatic rings. The molecule has 1 saturated carbocycles. The van der Waals surface area contributed by atoms with Crippen LogP contribution in [-0.2, 0) is 14.3 Å². The van der Waals surface area contributed by atoms with E-state index in [9.17, 15) is 19.2 Å². The lowest BCUT2D eigenvalue weighted by Gasteiger charge is -2.43. The van der Waals surface area contributed by atoms with Crippen molar-refractivity contribution in [2.75, 3.05) is 12.0 Å². The van der Waals surface area contributed by atoms with Crippen LogP contribution in [0.15, 0.2) is 64.4 Å². The SMILES string of the molecule is COC(=O)c1cccc(N2C(=O)[C@H]3C[C@@H]4[C@@H](c5ccccc5)c5sc(=O)[nH]c5S[C@@H]4C[C@H]3C2=O)c1. The van der Waals surface area contributed by atoms with E-state index in [0.29, 0.717) is 24.1 Å². The number of rotatable bonds is 3. The summed E-state index contributed by atoms with van der Waals surface area (Å²) in [5.74, 6) is -1.66. The number of thiazole rings is 1. The van der Waals surface area contributed by atoms with Crippen LogP contribution in [0.2, 0.25) is 0 Å². The number of nitrogens with zero attached hydrogens (tertiary/aromatic N) is 1. The molecule has 7 nitrogen and oxygen atoms in total. The molecule has 1 aliphatic carbocycles. The van der Waals surface area contributed by atoms with Gasteiger partial charge in [0.05, 0.1) is 35.2 Å². The normalized spacial score (nSPS) is 27.2. The van der Waals surface area contributed by atoms with Gasteiger partial charge in [-0.25, -0.2) is 4.79 Å². The predicted octanol–water partition coefficient (Wildman–Crippen LogP) is 4.05. The molecule has 0 radical (unpaired) electrons. The van der Waals surface area contributed by atoms with Crippen molar-refractivity contribution >= 4 is 46.6 Å². The Bertz CT molecular complexity index is 1400. The van der Waals surface area contributed by atoms with Crippen molar-refractivity contribution in [3.63, 3.8) is 0 Å². The van der Waals surface area contributed by atoms with Crippen molar-refractivity contribution in [2.45, 2.75) is 29.0 Å². The van der Waals surface area contributed by atoms with Crippen LogP contribution in [-0.4, -0.2) is 35.1 Å². The number of amides is 2. The summed E-state index contributed by atoms with van der Waals surface area (Å²) in [6.45, 7) is 0.